The molecule has 0 fully saturated rings. The Bertz CT molecular complexity index is 2040. The number of halogens is 15. The predicted octanol–water partition coefficient (Wildman–Crippen LogP) is 9.86. The van der Waals surface area contributed by atoms with Gasteiger partial charge in [-0.3, -0.25) is 9.59 Å². The van der Waals surface area contributed by atoms with Crippen molar-refractivity contribution in [2.45, 2.75) is 40.9 Å². The van der Waals surface area contributed by atoms with Crippen LogP contribution in [0.15, 0.2) is 95.3 Å². The molecule has 0 heterocycles. The summed E-state index contributed by atoms with van der Waals surface area (Å²) in [4.78, 5) is 24.1. The molecule has 0 unspecified atom stereocenters. The molecule has 282 valence electrons. The van der Waals surface area contributed by atoms with E-state index < -0.39 is 96.4 Å². The Morgan fingerprint density at radius 1 is 0.538 bits per heavy atom. The highest BCUT2D eigenvalue weighted by molar-refractivity contribution is 8.13. The van der Waals surface area contributed by atoms with Crippen LogP contribution < -0.4 is 0 Å². The molecular formula is C30H15ClF14O6S. The number of aliphatic hydroxyl groups excluding tert-OH is 2. The van der Waals surface area contributed by atoms with Gasteiger partial charge in [0.05, 0.1) is 4.90 Å². The molecule has 0 saturated carbocycles. The molecule has 0 bridgehead atoms. The van der Waals surface area contributed by atoms with Crippen molar-refractivity contribution in [3.8, 4) is 22.3 Å². The van der Waals surface area contributed by atoms with Crippen LogP contribution in [-0.4, -0.2) is 66.2 Å². The van der Waals surface area contributed by atoms with E-state index in [9.17, 15) is 89.7 Å². The second-order valence-corrected chi connectivity index (χ2v) is 12.9. The maximum absolute atomic E-state index is 13.7. The number of carbonyl (C=O) groups is 2. The van der Waals surface area contributed by atoms with E-state index in [0.717, 1.165) is 66.7 Å². The predicted molar refractivity (Wildman–Crippen MR) is 152 cm³/mol. The van der Waals surface area contributed by atoms with Crippen LogP contribution in [0.25, 0.3) is 22.3 Å². The number of ketones is 2. The molecule has 3 aromatic rings. The van der Waals surface area contributed by atoms with Crippen molar-refractivity contribution >= 4 is 31.3 Å². The molecule has 52 heavy (non-hydrogen) atoms. The summed E-state index contributed by atoms with van der Waals surface area (Å²) in [7, 11) is 0.942. The lowest BCUT2D eigenvalue weighted by atomic mass is 9.93. The summed E-state index contributed by atoms with van der Waals surface area (Å²) in [5.41, 5.74) is -1.32. The summed E-state index contributed by atoms with van der Waals surface area (Å²) in [6, 6.07) is 10.3. The first-order valence-electron chi connectivity index (χ1n) is 13.2. The Kier molecular flexibility index (Phi) is 11.0. The van der Waals surface area contributed by atoms with Gasteiger partial charge in [-0.1, -0.05) is 54.6 Å². The third kappa shape index (κ3) is 7.88. The van der Waals surface area contributed by atoms with E-state index in [1.807, 2.05) is 0 Å². The Morgan fingerprint density at radius 2 is 0.865 bits per heavy atom. The van der Waals surface area contributed by atoms with Gasteiger partial charge < -0.3 is 10.2 Å². The highest BCUT2D eigenvalue weighted by atomic mass is 35.7. The van der Waals surface area contributed by atoms with Crippen molar-refractivity contribution in [1.82, 2.24) is 0 Å². The van der Waals surface area contributed by atoms with Crippen molar-refractivity contribution in [2.24, 2.45) is 0 Å². The number of alkyl halides is 14. The van der Waals surface area contributed by atoms with Gasteiger partial charge in [0.1, 0.15) is 0 Å². The quantitative estimate of drug-likeness (QED) is 0.0657. The van der Waals surface area contributed by atoms with E-state index in [1.54, 1.807) is 0 Å². The summed E-state index contributed by atoms with van der Waals surface area (Å²) < 4.78 is 206. The van der Waals surface area contributed by atoms with Crippen molar-refractivity contribution in [3.63, 3.8) is 0 Å². The monoisotopic (exact) mass is 804 g/mol. The van der Waals surface area contributed by atoms with Crippen LogP contribution in [0.4, 0.5) is 61.5 Å². The lowest BCUT2D eigenvalue weighted by molar-refractivity contribution is -0.349. The lowest BCUT2D eigenvalue weighted by Gasteiger charge is -2.27. The van der Waals surface area contributed by atoms with Gasteiger partial charge in [0, 0.05) is 34.0 Å². The van der Waals surface area contributed by atoms with Crippen LogP contribution in [0.3, 0.4) is 0 Å². The van der Waals surface area contributed by atoms with E-state index >= 15 is 0 Å². The first-order chi connectivity index (χ1) is 23.4. The minimum atomic E-state index is -6.82. The van der Waals surface area contributed by atoms with E-state index in [2.05, 4.69) is 0 Å². The van der Waals surface area contributed by atoms with Crippen LogP contribution in [0.5, 0.6) is 0 Å². The number of rotatable bonds is 11. The molecule has 3 rings (SSSR count). The third-order valence-corrected chi connectivity index (χ3v) is 8.26. The van der Waals surface area contributed by atoms with Crippen LogP contribution in [0.1, 0.15) is 20.7 Å². The van der Waals surface area contributed by atoms with Crippen molar-refractivity contribution in [2.75, 3.05) is 0 Å². The van der Waals surface area contributed by atoms with Crippen molar-refractivity contribution < 1.29 is 89.7 Å². The zero-order valence-corrected chi connectivity index (χ0v) is 26.2. The number of carbonyl (C=O) groups excluding carboxylic acids is 2. The zero-order valence-electron chi connectivity index (χ0n) is 24.6. The molecule has 6 nitrogen and oxygen atoms in total. The van der Waals surface area contributed by atoms with Crippen LogP contribution in [0.2, 0.25) is 0 Å². The van der Waals surface area contributed by atoms with Gasteiger partial charge in [-0.15, -0.1) is 0 Å². The van der Waals surface area contributed by atoms with Gasteiger partial charge in [-0.25, -0.2) is 8.42 Å². The topological polar surface area (TPSA) is 109 Å². The molecular weight excluding hydrogens is 790 g/mol. The molecule has 0 aromatic heterocycles. The second kappa shape index (κ2) is 13.7. The van der Waals surface area contributed by atoms with E-state index in [-0.39, 0.29) is 22.3 Å². The van der Waals surface area contributed by atoms with E-state index in [0.29, 0.717) is 0 Å². The number of aliphatic hydroxyl groups is 2. The van der Waals surface area contributed by atoms with Gasteiger partial charge >= 0.3 is 36.0 Å². The minimum absolute atomic E-state index is 0.0308. The van der Waals surface area contributed by atoms with Gasteiger partial charge in [0.2, 0.25) is 0 Å². The maximum Gasteiger partial charge on any atom is 0.460 e. The minimum Gasteiger partial charge on any atom is -0.506 e. The smallest absolute Gasteiger partial charge is 0.460 e. The first kappa shape index (κ1) is 41.8. The fraction of sp³-hybridized carbons (Fsp3) is 0.200. The second-order valence-electron chi connectivity index (χ2n) is 10.4. The van der Waals surface area contributed by atoms with Crippen LogP contribution in [0, 0.1) is 0 Å². The van der Waals surface area contributed by atoms with Crippen LogP contribution in [-0.2, 0) is 9.05 Å². The summed E-state index contributed by atoms with van der Waals surface area (Å²) in [5, 5.41) is 18.6. The molecule has 0 radical (unpaired) electrons. The molecule has 3 aromatic carbocycles. The van der Waals surface area contributed by atoms with Crippen molar-refractivity contribution in [3.05, 3.63) is 102 Å². The Morgan fingerprint density at radius 3 is 1.17 bits per heavy atom. The van der Waals surface area contributed by atoms with Gasteiger partial charge in [0.15, 0.2) is 23.1 Å². The lowest BCUT2D eigenvalue weighted by Crippen LogP contribution is -2.53. The first-order valence-corrected chi connectivity index (χ1v) is 15.5. The average Bonchev–Trinajstić information content (AvgIpc) is 3.02. The molecule has 2 N–H and O–H groups in total. The fourth-order valence-electron chi connectivity index (χ4n) is 4.07. The van der Waals surface area contributed by atoms with Gasteiger partial charge in [-0.05, 0) is 34.4 Å². The highest BCUT2D eigenvalue weighted by Gasteiger charge is 2.76. The fourth-order valence-corrected chi connectivity index (χ4v) is 4.84. The Balaban J connectivity index is 2.02. The number of benzene rings is 3. The Labute approximate surface area is 285 Å². The molecule has 0 amide bonds. The number of hydrogen-bond donors (Lipinski definition) is 2. The van der Waals surface area contributed by atoms with Gasteiger partial charge in [0.25, 0.3) is 9.05 Å². The molecule has 22 heteroatoms. The van der Waals surface area contributed by atoms with E-state index in [1.165, 1.54) is 0 Å². The summed E-state index contributed by atoms with van der Waals surface area (Å²) >= 11 is 0. The van der Waals surface area contributed by atoms with E-state index in [4.69, 9.17) is 10.7 Å². The normalized spacial score (nSPS) is 14.4. The maximum atomic E-state index is 13.7. The SMILES string of the molecule is O=C(/C=C(\O)C(F)(F)C(F)(F)C(F)(F)F)c1ccc(-c2ccc(S(=O)(=O)Cl)cc2-c2ccc(C(=O)/C=C(\O)C(F)(F)C(F)(F)C(F)(F)F)cc2)cc1. The molecule has 0 aliphatic heterocycles. The largest absolute Gasteiger partial charge is 0.506 e. The van der Waals surface area contributed by atoms with Crippen molar-refractivity contribution in [1.29, 1.82) is 0 Å². The van der Waals surface area contributed by atoms with Gasteiger partial charge in [-0.2, -0.15) is 61.5 Å². The summed E-state index contributed by atoms with van der Waals surface area (Å²) in [6.07, 6.45) is -14.8. The number of hydrogen-bond acceptors (Lipinski definition) is 6. The molecule has 0 saturated heterocycles. The zero-order chi connectivity index (χ0) is 40.0. The summed E-state index contributed by atoms with van der Waals surface area (Å²) in [6.45, 7) is 0. The number of allylic oxidation sites excluding steroid dienone is 4. The average molecular weight is 805 g/mol. The molecule has 0 spiro atoms. The Hall–Kier alpha value is -4.66. The standard InChI is InChI=1S/C30H15ClF14O6S/c31-52(50,51)18-9-10-19(14-1-5-16(6-2-14)21(46)12-23(48)25(32,33)27(36,37)29(40,41)42)20(11-18)15-3-7-17(8-4-15)22(47)13-24(49)26(34,35)28(38,39)30(43,44)45/h1-13,48-49H/b23-12-,24-13-. The molecule has 0 aliphatic carbocycles. The summed E-state index contributed by atoms with van der Waals surface area (Å²) in [5.74, 6) is -35.2. The molecule has 0 atom stereocenters. The molecule has 0 aliphatic rings. The van der Waals surface area contributed by atoms with Crippen LogP contribution >= 0.6 is 10.7 Å². The third-order valence-electron chi connectivity index (χ3n) is 6.91. The highest BCUT2D eigenvalue weighted by Crippen LogP contribution is 2.50.